The van der Waals surface area contributed by atoms with Gasteiger partial charge in [0.05, 0.1) is 35.1 Å². The normalized spacial score (nSPS) is 15.0. The third kappa shape index (κ3) is 5.98. The van der Waals surface area contributed by atoms with Gasteiger partial charge in [0, 0.05) is 25.2 Å². The zero-order valence-electron chi connectivity index (χ0n) is 16.9. The van der Waals surface area contributed by atoms with Crippen molar-refractivity contribution < 1.29 is 31.1 Å². The number of alkyl halides is 3. The van der Waals surface area contributed by atoms with Gasteiger partial charge in [-0.15, -0.1) is 0 Å². The van der Waals surface area contributed by atoms with E-state index in [4.69, 9.17) is 4.74 Å². The Morgan fingerprint density at radius 1 is 1.10 bits per heavy atom. The van der Waals surface area contributed by atoms with Crippen LogP contribution in [0.1, 0.15) is 17.5 Å². The number of carbonyl (C=O) groups is 1. The summed E-state index contributed by atoms with van der Waals surface area (Å²) in [7, 11) is -3.73. The molecule has 0 spiro atoms. The van der Waals surface area contributed by atoms with Crippen LogP contribution in [0.3, 0.4) is 0 Å². The highest BCUT2D eigenvalue weighted by molar-refractivity contribution is 7.91. The summed E-state index contributed by atoms with van der Waals surface area (Å²) in [6.07, 6.45) is -5.14. The summed E-state index contributed by atoms with van der Waals surface area (Å²) in [6, 6.07) is 9.84. The second-order valence-electron chi connectivity index (χ2n) is 7.26. The maximum Gasteiger partial charge on any atom is 0.418 e. The van der Waals surface area contributed by atoms with E-state index in [9.17, 15) is 26.4 Å². The molecule has 3 rings (SSSR count). The minimum Gasteiger partial charge on any atom is -0.378 e. The van der Waals surface area contributed by atoms with E-state index >= 15 is 0 Å². The predicted octanol–water partition coefficient (Wildman–Crippen LogP) is 3.65. The van der Waals surface area contributed by atoms with Gasteiger partial charge in [-0.2, -0.15) is 13.2 Å². The number of sulfone groups is 1. The van der Waals surface area contributed by atoms with Crippen molar-refractivity contribution in [3.63, 3.8) is 0 Å². The maximum absolute atomic E-state index is 13.6. The van der Waals surface area contributed by atoms with Gasteiger partial charge in [-0.3, -0.25) is 4.79 Å². The quantitative estimate of drug-likeness (QED) is 0.718. The van der Waals surface area contributed by atoms with E-state index in [1.54, 1.807) is 17.0 Å². The molecule has 168 valence electrons. The van der Waals surface area contributed by atoms with Gasteiger partial charge in [0.25, 0.3) is 0 Å². The Balaban J connectivity index is 1.72. The Morgan fingerprint density at radius 3 is 2.35 bits per heavy atom. The highest BCUT2D eigenvalue weighted by Gasteiger charge is 2.35. The number of nitrogens with zero attached hydrogens (tertiary/aromatic N) is 1. The minimum atomic E-state index is -4.68. The first kappa shape index (κ1) is 23.1. The van der Waals surface area contributed by atoms with Crippen LogP contribution in [0.25, 0.3) is 0 Å². The van der Waals surface area contributed by atoms with Gasteiger partial charge in [0.2, 0.25) is 5.91 Å². The Kier molecular flexibility index (Phi) is 6.90. The molecule has 0 unspecified atom stereocenters. The lowest BCUT2D eigenvalue weighted by Gasteiger charge is -2.29. The number of aryl methyl sites for hydroxylation is 1. The predicted molar refractivity (Wildman–Crippen MR) is 111 cm³/mol. The van der Waals surface area contributed by atoms with Gasteiger partial charge >= 0.3 is 6.18 Å². The number of anilines is 2. The van der Waals surface area contributed by atoms with Crippen molar-refractivity contribution in [2.75, 3.05) is 42.3 Å². The van der Waals surface area contributed by atoms with Crippen molar-refractivity contribution in [1.29, 1.82) is 0 Å². The van der Waals surface area contributed by atoms with Crippen LogP contribution < -0.4 is 10.2 Å². The van der Waals surface area contributed by atoms with E-state index in [1.807, 2.05) is 6.92 Å². The van der Waals surface area contributed by atoms with Crippen molar-refractivity contribution in [3.05, 3.63) is 53.6 Å². The SMILES string of the molecule is Cc1ccc(S(=O)(=O)CCC(=O)Nc2ccc(N3CCOCC3)cc2C(F)(F)F)cc1. The molecule has 1 heterocycles. The lowest BCUT2D eigenvalue weighted by Crippen LogP contribution is -2.36. The van der Waals surface area contributed by atoms with Crippen molar-refractivity contribution in [2.24, 2.45) is 0 Å². The van der Waals surface area contributed by atoms with Crippen LogP contribution in [-0.4, -0.2) is 46.4 Å². The number of hydrogen-bond acceptors (Lipinski definition) is 5. The number of halogens is 3. The molecule has 0 aromatic heterocycles. The van der Waals surface area contributed by atoms with Crippen LogP contribution in [0.2, 0.25) is 0 Å². The fraction of sp³-hybridized carbons (Fsp3) is 0.381. The van der Waals surface area contributed by atoms with Crippen LogP contribution in [0.4, 0.5) is 24.5 Å². The van der Waals surface area contributed by atoms with Gasteiger partial charge < -0.3 is 15.0 Å². The first-order chi connectivity index (χ1) is 14.6. The topological polar surface area (TPSA) is 75.7 Å². The molecule has 0 bridgehead atoms. The zero-order valence-corrected chi connectivity index (χ0v) is 17.7. The molecule has 0 radical (unpaired) electrons. The molecular weight excluding hydrogens is 433 g/mol. The number of morpholine rings is 1. The molecule has 1 aliphatic heterocycles. The first-order valence-corrected chi connectivity index (χ1v) is 11.3. The van der Waals surface area contributed by atoms with Gasteiger partial charge in [0.1, 0.15) is 0 Å². The summed E-state index contributed by atoms with van der Waals surface area (Å²) in [6.45, 7) is 3.61. The Hall–Kier alpha value is -2.59. The van der Waals surface area contributed by atoms with Crippen molar-refractivity contribution in [1.82, 2.24) is 0 Å². The van der Waals surface area contributed by atoms with E-state index in [2.05, 4.69) is 5.32 Å². The summed E-state index contributed by atoms with van der Waals surface area (Å²) < 4.78 is 70.7. The van der Waals surface area contributed by atoms with Crippen molar-refractivity contribution >= 4 is 27.1 Å². The monoisotopic (exact) mass is 456 g/mol. The molecule has 1 aliphatic rings. The molecule has 1 amide bonds. The molecule has 1 N–H and O–H groups in total. The zero-order chi connectivity index (χ0) is 22.6. The minimum absolute atomic E-state index is 0.0664. The number of rotatable bonds is 6. The van der Waals surface area contributed by atoms with Crippen LogP contribution >= 0.6 is 0 Å². The van der Waals surface area contributed by atoms with Crippen LogP contribution in [0, 0.1) is 6.92 Å². The molecule has 2 aromatic rings. The molecule has 31 heavy (non-hydrogen) atoms. The van der Waals surface area contributed by atoms with Gasteiger partial charge in [-0.25, -0.2) is 8.42 Å². The molecule has 2 aromatic carbocycles. The molecule has 0 aliphatic carbocycles. The molecule has 10 heteroatoms. The Morgan fingerprint density at radius 2 is 1.74 bits per heavy atom. The van der Waals surface area contributed by atoms with Gasteiger partial charge in [-0.1, -0.05) is 17.7 Å². The van der Waals surface area contributed by atoms with Gasteiger partial charge in [0.15, 0.2) is 9.84 Å². The standard InChI is InChI=1S/C21H23F3N2O4S/c1-15-2-5-17(6-3-15)31(28,29)13-8-20(27)25-19-7-4-16(14-18(19)21(22,23)24)26-9-11-30-12-10-26/h2-7,14H,8-13H2,1H3,(H,25,27). The number of nitrogens with one attached hydrogen (secondary N) is 1. The van der Waals surface area contributed by atoms with Crippen molar-refractivity contribution in [2.45, 2.75) is 24.4 Å². The lowest BCUT2D eigenvalue weighted by molar-refractivity contribution is -0.136. The van der Waals surface area contributed by atoms with Crippen LogP contribution in [0.15, 0.2) is 47.4 Å². The largest absolute Gasteiger partial charge is 0.418 e. The molecule has 1 fully saturated rings. The molecule has 0 saturated carbocycles. The summed E-state index contributed by atoms with van der Waals surface area (Å²) in [5.74, 6) is -1.31. The molecule has 0 atom stereocenters. The highest BCUT2D eigenvalue weighted by Crippen LogP contribution is 2.37. The fourth-order valence-corrected chi connectivity index (χ4v) is 4.44. The molecular formula is C21H23F3N2O4S. The second kappa shape index (κ2) is 9.27. The molecule has 6 nitrogen and oxygen atoms in total. The highest BCUT2D eigenvalue weighted by atomic mass is 32.2. The number of carbonyl (C=O) groups excluding carboxylic acids is 1. The summed E-state index contributed by atoms with van der Waals surface area (Å²) in [4.78, 5) is 14.1. The smallest absolute Gasteiger partial charge is 0.378 e. The third-order valence-electron chi connectivity index (χ3n) is 4.94. The summed E-state index contributed by atoms with van der Waals surface area (Å²) in [5, 5.41) is 2.21. The number of ether oxygens (including phenoxy) is 1. The fourth-order valence-electron chi connectivity index (χ4n) is 3.20. The average Bonchev–Trinajstić information content (AvgIpc) is 2.73. The summed E-state index contributed by atoms with van der Waals surface area (Å²) in [5.41, 5.74) is -0.110. The molecule has 1 saturated heterocycles. The summed E-state index contributed by atoms with van der Waals surface area (Å²) >= 11 is 0. The number of benzene rings is 2. The van der Waals surface area contributed by atoms with Crippen molar-refractivity contribution in [3.8, 4) is 0 Å². The second-order valence-corrected chi connectivity index (χ2v) is 9.37. The number of amides is 1. The Labute approximate surface area is 178 Å². The van der Waals surface area contributed by atoms with E-state index < -0.39 is 45.3 Å². The van der Waals surface area contributed by atoms with Crippen LogP contribution in [-0.2, 0) is 25.5 Å². The van der Waals surface area contributed by atoms with Crippen LogP contribution in [0.5, 0.6) is 0 Å². The maximum atomic E-state index is 13.6. The number of hydrogen-bond donors (Lipinski definition) is 1. The first-order valence-electron chi connectivity index (χ1n) is 9.69. The van der Waals surface area contributed by atoms with E-state index in [-0.39, 0.29) is 4.90 Å². The van der Waals surface area contributed by atoms with E-state index in [0.717, 1.165) is 11.6 Å². The third-order valence-corrected chi connectivity index (χ3v) is 6.67. The average molecular weight is 456 g/mol. The van der Waals surface area contributed by atoms with Gasteiger partial charge in [-0.05, 0) is 37.3 Å². The van der Waals surface area contributed by atoms with E-state index in [0.29, 0.717) is 32.0 Å². The lowest BCUT2D eigenvalue weighted by atomic mass is 10.1. The van der Waals surface area contributed by atoms with E-state index in [1.165, 1.54) is 24.3 Å². The Bertz CT molecular complexity index is 1030.